The van der Waals surface area contributed by atoms with Gasteiger partial charge in [-0.05, 0) is 192 Å². The number of hydrogen-bond donors (Lipinski definition) is 0. The van der Waals surface area contributed by atoms with E-state index in [0.29, 0.717) is 41.2 Å². The van der Waals surface area contributed by atoms with E-state index in [1.165, 1.54) is 79.7 Å². The van der Waals surface area contributed by atoms with Crippen LogP contribution in [0.5, 0.6) is 0 Å². The molecule has 6 aliphatic rings. The first-order chi connectivity index (χ1) is 36.9. The van der Waals surface area contributed by atoms with Crippen molar-refractivity contribution in [1.82, 2.24) is 15.0 Å². The number of aromatic nitrogens is 3. The number of furan rings is 1. The van der Waals surface area contributed by atoms with Gasteiger partial charge in [0.2, 0.25) is 0 Å². The molecule has 342 valence electrons. The third kappa shape index (κ3) is 8.20. The Morgan fingerprint density at radius 3 is 1.41 bits per heavy atom. The molecule has 4 heteroatoms. The van der Waals surface area contributed by atoms with Gasteiger partial charge in [0.05, 0.1) is 23.3 Å². The number of benzene rings is 5. The Morgan fingerprint density at radius 1 is 0.435 bits per heavy atom. The maximum atomic E-state index is 9.72. The molecule has 6 aliphatic carbocycles. The fraction of sp³-hybridized carbons (Fsp3) is 0.308. The standard InChI is InChI=1S/C65H61N3O/c1-65(2,53-29-27-52(28-30-53)62-36-57-54-5-3-4-6-63(54)69-64(57)40-68-62)37-45-32-43(9-7-41-11-15-50(16-12-41)60-34-55-46-19-23-48(24-20-46)58(55)38-66-60)31-44(33-45)10-8-42-13-17-51(18-14-42)61-35-56-47-21-25-49(26-22-47)59(56)39-67-61/h3-6,11-18,27-36,38-40,46-49H,7-10,19-26,37H2,1-2H3/i7D2,8D2,9D2,10D2. The van der Waals surface area contributed by atoms with Gasteiger partial charge in [-0.2, -0.15) is 0 Å². The lowest BCUT2D eigenvalue weighted by Crippen LogP contribution is -2.21. The second kappa shape index (κ2) is 17.4. The van der Waals surface area contributed by atoms with Crippen LogP contribution < -0.4 is 0 Å². The van der Waals surface area contributed by atoms with Crippen molar-refractivity contribution in [3.05, 3.63) is 208 Å². The second-order valence-corrected chi connectivity index (χ2v) is 20.9. The number of aryl methyl sites for hydroxylation is 4. The molecule has 9 aromatic rings. The van der Waals surface area contributed by atoms with Crippen LogP contribution in [0.2, 0.25) is 0 Å². The summed E-state index contributed by atoms with van der Waals surface area (Å²) in [6, 6.07) is 40.9. The van der Waals surface area contributed by atoms with E-state index in [4.69, 9.17) is 19.4 Å². The van der Waals surface area contributed by atoms with E-state index in [2.05, 4.69) is 38.1 Å². The normalized spacial score (nSPS) is 21.8. The number of nitrogens with zero attached hydrogens (tertiary/aromatic N) is 3. The highest BCUT2D eigenvalue weighted by molar-refractivity contribution is 6.05. The van der Waals surface area contributed by atoms with Gasteiger partial charge in [-0.15, -0.1) is 0 Å². The van der Waals surface area contributed by atoms with Crippen molar-refractivity contribution < 1.29 is 15.4 Å². The van der Waals surface area contributed by atoms with Crippen LogP contribution >= 0.6 is 0 Å². The SMILES string of the molecule is [2H]C([2H])(c1ccc(-c2cc3c(cn2)C2CCC3CC2)cc1)C([2H])([2H])c1cc(CC(C)(C)c2ccc(-c3cc4c(cn3)oc3ccccc34)cc2)cc(C([2H])([2H])C([2H])([2H])c2ccc(-c3cc4c(cn3)C3CCC4CC3)cc2)c1. The summed E-state index contributed by atoms with van der Waals surface area (Å²) in [5, 5.41) is 2.00. The second-order valence-electron chi connectivity index (χ2n) is 20.9. The molecule has 2 saturated carbocycles. The van der Waals surface area contributed by atoms with E-state index >= 15 is 0 Å². The molecule has 0 amide bonds. The molecule has 4 aromatic heterocycles. The molecule has 0 N–H and O–H groups in total. The predicted octanol–water partition coefficient (Wildman–Crippen LogP) is 16.4. The van der Waals surface area contributed by atoms with E-state index < -0.39 is 30.9 Å². The predicted molar refractivity (Wildman–Crippen MR) is 282 cm³/mol. The van der Waals surface area contributed by atoms with Gasteiger partial charge in [0.1, 0.15) is 5.58 Å². The quantitative estimate of drug-likeness (QED) is 0.123. The summed E-state index contributed by atoms with van der Waals surface area (Å²) in [6.07, 6.45) is 5.12. The maximum Gasteiger partial charge on any atom is 0.153 e. The first kappa shape index (κ1) is 34.6. The van der Waals surface area contributed by atoms with E-state index in [0.717, 1.165) is 55.7 Å². The maximum absolute atomic E-state index is 9.72. The average molecular weight is 908 g/mol. The largest absolute Gasteiger partial charge is 0.454 e. The molecule has 0 atom stereocenters. The Bertz CT molecular complexity index is 3580. The summed E-state index contributed by atoms with van der Waals surface area (Å²) in [5.41, 5.74) is 13.0. The molecule has 5 aromatic carbocycles. The summed E-state index contributed by atoms with van der Waals surface area (Å²) in [5.74, 6) is 2.21. The summed E-state index contributed by atoms with van der Waals surface area (Å²) in [7, 11) is 0. The lowest BCUT2D eigenvalue weighted by molar-refractivity contribution is 0.358. The van der Waals surface area contributed by atoms with Gasteiger partial charge in [-0.25, -0.2) is 0 Å². The van der Waals surface area contributed by atoms with Gasteiger partial charge in [0.25, 0.3) is 0 Å². The molecule has 0 spiro atoms. The van der Waals surface area contributed by atoms with E-state index in [1.807, 2.05) is 79.1 Å². The monoisotopic (exact) mass is 908 g/mol. The van der Waals surface area contributed by atoms with Crippen molar-refractivity contribution in [1.29, 1.82) is 0 Å². The molecule has 0 radical (unpaired) electrons. The van der Waals surface area contributed by atoms with Crippen LogP contribution in [-0.2, 0) is 37.3 Å². The van der Waals surface area contributed by atoms with Gasteiger partial charge < -0.3 is 4.42 Å². The van der Waals surface area contributed by atoms with Crippen molar-refractivity contribution in [2.75, 3.05) is 0 Å². The van der Waals surface area contributed by atoms with E-state index in [1.54, 1.807) is 42.6 Å². The highest BCUT2D eigenvalue weighted by Crippen LogP contribution is 2.51. The van der Waals surface area contributed by atoms with Crippen molar-refractivity contribution in [2.24, 2.45) is 0 Å². The number of rotatable bonds is 12. The van der Waals surface area contributed by atoms with Crippen LogP contribution in [0.15, 0.2) is 156 Å². The minimum Gasteiger partial charge on any atom is -0.454 e. The minimum absolute atomic E-state index is 0.0768. The average Bonchev–Trinajstić information content (AvgIpc) is 3.83. The van der Waals surface area contributed by atoms with E-state index in [-0.39, 0.29) is 22.3 Å². The zero-order valence-electron chi connectivity index (χ0n) is 47.4. The van der Waals surface area contributed by atoms with E-state index in [9.17, 15) is 11.0 Å². The number of hydrogen-bond acceptors (Lipinski definition) is 4. The molecular weight excluding hydrogens is 839 g/mol. The fourth-order valence-corrected chi connectivity index (χ4v) is 12.3. The number of para-hydroxylation sites is 1. The molecule has 0 aliphatic heterocycles. The molecule has 4 bridgehead atoms. The molecule has 0 unspecified atom stereocenters. The molecule has 4 nitrogen and oxygen atoms in total. The molecule has 4 heterocycles. The van der Waals surface area contributed by atoms with Crippen molar-refractivity contribution >= 4 is 21.9 Å². The smallest absolute Gasteiger partial charge is 0.153 e. The fourth-order valence-electron chi connectivity index (χ4n) is 12.3. The summed E-state index contributed by atoms with van der Waals surface area (Å²) < 4.78 is 83.1. The van der Waals surface area contributed by atoms with Gasteiger partial charge in [0.15, 0.2) is 5.58 Å². The van der Waals surface area contributed by atoms with Gasteiger partial charge in [0, 0.05) is 50.8 Å². The summed E-state index contributed by atoms with van der Waals surface area (Å²) >= 11 is 0. The third-order valence-corrected chi connectivity index (χ3v) is 16.1. The summed E-state index contributed by atoms with van der Waals surface area (Å²) in [6.45, 7) is 4.15. The van der Waals surface area contributed by atoms with Crippen LogP contribution in [0.4, 0.5) is 0 Å². The first-order valence-corrected chi connectivity index (χ1v) is 25.1. The molecule has 15 rings (SSSR count). The highest BCUT2D eigenvalue weighted by atomic mass is 16.3. The zero-order chi connectivity index (χ0) is 53.2. The molecular formula is C65H61N3O. The van der Waals surface area contributed by atoms with Crippen LogP contribution in [0.3, 0.4) is 0 Å². The van der Waals surface area contributed by atoms with Gasteiger partial charge in [-0.3, -0.25) is 15.0 Å². The Kier molecular flexibility index (Phi) is 8.72. The Labute approximate surface area is 418 Å². The third-order valence-electron chi connectivity index (χ3n) is 16.1. The molecule has 0 saturated heterocycles. The lowest BCUT2D eigenvalue weighted by atomic mass is 9.67. The molecule has 69 heavy (non-hydrogen) atoms. The van der Waals surface area contributed by atoms with Crippen LogP contribution in [-0.4, -0.2) is 15.0 Å². The minimum atomic E-state index is -2.70. The van der Waals surface area contributed by atoms with Gasteiger partial charge in [-0.1, -0.05) is 123 Å². The highest BCUT2D eigenvalue weighted by Gasteiger charge is 2.34. The molecule has 2 fully saturated rings. The number of fused-ring (bicyclic) bond motifs is 7. The van der Waals surface area contributed by atoms with Crippen molar-refractivity contribution in [2.45, 2.75) is 126 Å². The van der Waals surface area contributed by atoms with Gasteiger partial charge >= 0.3 is 0 Å². The Morgan fingerprint density at radius 2 is 0.870 bits per heavy atom. The van der Waals surface area contributed by atoms with Crippen molar-refractivity contribution in [3.63, 3.8) is 0 Å². The van der Waals surface area contributed by atoms with Crippen LogP contribution in [0.25, 0.3) is 55.7 Å². The van der Waals surface area contributed by atoms with Crippen molar-refractivity contribution in [3.8, 4) is 33.8 Å². The Balaban J connectivity index is 0.832. The summed E-state index contributed by atoms with van der Waals surface area (Å²) in [4.78, 5) is 14.4. The topological polar surface area (TPSA) is 51.8 Å². The zero-order valence-corrected chi connectivity index (χ0v) is 39.4. The van der Waals surface area contributed by atoms with Crippen LogP contribution in [0, 0.1) is 0 Å². The van der Waals surface area contributed by atoms with Crippen LogP contribution in [0.1, 0.15) is 155 Å². The lowest BCUT2D eigenvalue weighted by Gasteiger charge is -2.38. The number of pyridine rings is 3. The Hall–Kier alpha value is -6.65. The first-order valence-electron chi connectivity index (χ1n) is 29.1.